The molecule has 0 spiro atoms. The van der Waals surface area contributed by atoms with Gasteiger partial charge in [-0.25, -0.2) is 0 Å². The van der Waals surface area contributed by atoms with Crippen LogP contribution in [0.3, 0.4) is 0 Å². The quantitative estimate of drug-likeness (QED) is 0.619. The standard InChI is InChI=1S/C15H22N2O2S/c1-14(2,3)20(18)17-9-12-5-6-13(10-16-12)19-11-15(4)7-8-15/h5-6,9-10H,7-8,11H2,1-4H3/b17-9+. The molecular formula is C15H22N2O2S. The summed E-state index contributed by atoms with van der Waals surface area (Å²) in [6, 6.07) is 3.70. The third-order valence-electron chi connectivity index (χ3n) is 3.25. The Hall–Kier alpha value is -1.07. The largest absolute Gasteiger partial charge is 0.591 e. The fraction of sp³-hybridized carbons (Fsp3) is 0.600. The number of aromatic nitrogens is 1. The first-order valence-electron chi connectivity index (χ1n) is 6.83. The molecular weight excluding hydrogens is 272 g/mol. The van der Waals surface area contributed by atoms with Crippen molar-refractivity contribution >= 4 is 17.6 Å². The van der Waals surface area contributed by atoms with Gasteiger partial charge in [-0.15, -0.1) is 0 Å². The Kier molecular flexibility index (Phi) is 4.39. The van der Waals surface area contributed by atoms with E-state index in [1.165, 1.54) is 12.8 Å². The zero-order valence-electron chi connectivity index (χ0n) is 12.5. The van der Waals surface area contributed by atoms with E-state index in [-0.39, 0.29) is 4.75 Å². The molecule has 1 aromatic heterocycles. The molecule has 0 aromatic carbocycles. The van der Waals surface area contributed by atoms with E-state index in [1.54, 1.807) is 12.4 Å². The Balaban J connectivity index is 1.89. The van der Waals surface area contributed by atoms with Gasteiger partial charge in [-0.05, 0) is 45.7 Å². The summed E-state index contributed by atoms with van der Waals surface area (Å²) in [5.41, 5.74) is 1.05. The number of rotatable bonds is 5. The number of hydrogen-bond acceptors (Lipinski definition) is 4. The molecule has 5 heteroatoms. The van der Waals surface area contributed by atoms with Crippen LogP contribution in [0.15, 0.2) is 22.7 Å². The Morgan fingerprint density at radius 2 is 2.15 bits per heavy atom. The molecule has 4 nitrogen and oxygen atoms in total. The van der Waals surface area contributed by atoms with Crippen LogP contribution in [0.1, 0.15) is 46.2 Å². The van der Waals surface area contributed by atoms with Crippen LogP contribution in [-0.2, 0) is 11.4 Å². The van der Waals surface area contributed by atoms with Gasteiger partial charge in [0.2, 0.25) is 0 Å². The van der Waals surface area contributed by atoms with E-state index in [9.17, 15) is 4.55 Å². The molecule has 1 aliphatic carbocycles. The molecule has 110 valence electrons. The highest BCUT2D eigenvalue weighted by Gasteiger charge is 2.38. The third kappa shape index (κ3) is 4.49. The summed E-state index contributed by atoms with van der Waals surface area (Å²) in [7, 11) is 0. The Morgan fingerprint density at radius 1 is 1.45 bits per heavy atom. The van der Waals surface area contributed by atoms with Crippen molar-refractivity contribution in [2.24, 2.45) is 9.81 Å². The summed E-state index contributed by atoms with van der Waals surface area (Å²) in [6.07, 6.45) is 5.72. The van der Waals surface area contributed by atoms with Crippen molar-refractivity contribution in [1.29, 1.82) is 0 Å². The zero-order chi connectivity index (χ0) is 14.8. The maximum atomic E-state index is 11.8. The molecule has 0 amide bonds. The lowest BCUT2D eigenvalue weighted by molar-refractivity contribution is 0.246. The number of ether oxygens (including phenoxy) is 1. The van der Waals surface area contributed by atoms with Gasteiger partial charge in [-0.1, -0.05) is 11.3 Å². The molecule has 1 aromatic rings. The van der Waals surface area contributed by atoms with Crippen LogP contribution in [0.2, 0.25) is 0 Å². The predicted octanol–water partition coefficient (Wildman–Crippen LogP) is 3.14. The van der Waals surface area contributed by atoms with Crippen molar-refractivity contribution < 1.29 is 9.29 Å². The van der Waals surface area contributed by atoms with Crippen LogP contribution in [0.5, 0.6) is 5.75 Å². The second-order valence-electron chi connectivity index (χ2n) is 6.61. The number of hydrogen-bond donors (Lipinski definition) is 0. The molecule has 0 radical (unpaired) electrons. The van der Waals surface area contributed by atoms with Crippen molar-refractivity contribution in [2.45, 2.75) is 45.3 Å². The van der Waals surface area contributed by atoms with Crippen molar-refractivity contribution in [3.05, 3.63) is 24.0 Å². The molecule has 2 rings (SSSR count). The monoisotopic (exact) mass is 294 g/mol. The molecule has 20 heavy (non-hydrogen) atoms. The first-order valence-corrected chi connectivity index (χ1v) is 7.94. The van der Waals surface area contributed by atoms with E-state index in [0.717, 1.165) is 12.4 Å². The second kappa shape index (κ2) is 5.74. The summed E-state index contributed by atoms with van der Waals surface area (Å²) < 4.78 is 21.2. The smallest absolute Gasteiger partial charge is 0.144 e. The SMILES string of the molecule is CC1(COc2ccc(/C=N/[S+]([O-])C(C)(C)C)nc2)CC1. The highest BCUT2D eigenvalue weighted by molar-refractivity contribution is 7.91. The van der Waals surface area contributed by atoms with Gasteiger partial charge in [0.25, 0.3) is 0 Å². The predicted molar refractivity (Wildman–Crippen MR) is 82.6 cm³/mol. The maximum Gasteiger partial charge on any atom is 0.144 e. The topological polar surface area (TPSA) is 57.5 Å². The molecule has 1 saturated carbocycles. The van der Waals surface area contributed by atoms with E-state index in [0.29, 0.717) is 11.1 Å². The van der Waals surface area contributed by atoms with Crippen LogP contribution >= 0.6 is 0 Å². The van der Waals surface area contributed by atoms with Gasteiger partial charge in [0, 0.05) is 5.41 Å². The van der Waals surface area contributed by atoms with Crippen molar-refractivity contribution in [1.82, 2.24) is 4.98 Å². The normalized spacial score (nSPS) is 19.1. The fourth-order valence-corrected chi connectivity index (χ4v) is 1.95. The summed E-state index contributed by atoms with van der Waals surface area (Å²) in [6.45, 7) is 8.65. The molecule has 1 fully saturated rings. The highest BCUT2D eigenvalue weighted by atomic mass is 32.2. The van der Waals surface area contributed by atoms with Crippen molar-refractivity contribution in [2.75, 3.05) is 6.61 Å². The lowest BCUT2D eigenvalue weighted by Gasteiger charge is -2.17. The van der Waals surface area contributed by atoms with Gasteiger partial charge in [0.1, 0.15) is 28.1 Å². The molecule has 0 saturated heterocycles. The van der Waals surface area contributed by atoms with Crippen LogP contribution in [0.4, 0.5) is 0 Å². The van der Waals surface area contributed by atoms with E-state index >= 15 is 0 Å². The van der Waals surface area contributed by atoms with E-state index < -0.39 is 11.4 Å². The molecule has 0 bridgehead atoms. The molecule has 1 atom stereocenters. The van der Waals surface area contributed by atoms with Crippen molar-refractivity contribution in [3.8, 4) is 5.75 Å². The Bertz CT molecular complexity index is 476. The minimum atomic E-state index is -1.25. The second-order valence-corrected chi connectivity index (χ2v) is 8.55. The fourth-order valence-electron chi connectivity index (χ4n) is 1.43. The average molecular weight is 294 g/mol. The van der Waals surface area contributed by atoms with Crippen LogP contribution < -0.4 is 4.74 Å². The molecule has 1 heterocycles. The number of nitrogens with zero attached hydrogens (tertiary/aromatic N) is 2. The summed E-state index contributed by atoms with van der Waals surface area (Å²) >= 11 is -1.25. The highest BCUT2D eigenvalue weighted by Crippen LogP contribution is 2.44. The van der Waals surface area contributed by atoms with E-state index in [4.69, 9.17) is 4.74 Å². The molecule has 1 unspecified atom stereocenters. The lowest BCUT2D eigenvalue weighted by Crippen LogP contribution is -2.25. The molecule has 1 aliphatic rings. The molecule has 0 aliphatic heterocycles. The first kappa shape index (κ1) is 15.3. The van der Waals surface area contributed by atoms with Gasteiger partial charge in [0.15, 0.2) is 0 Å². The van der Waals surface area contributed by atoms with Gasteiger partial charge < -0.3 is 9.29 Å². The van der Waals surface area contributed by atoms with Crippen LogP contribution in [0.25, 0.3) is 0 Å². The van der Waals surface area contributed by atoms with Gasteiger partial charge >= 0.3 is 0 Å². The minimum absolute atomic E-state index is 0.348. The van der Waals surface area contributed by atoms with Crippen molar-refractivity contribution in [3.63, 3.8) is 0 Å². The van der Waals surface area contributed by atoms with Gasteiger partial charge in [0.05, 0.1) is 18.5 Å². The van der Waals surface area contributed by atoms with E-state index in [1.807, 2.05) is 32.9 Å². The van der Waals surface area contributed by atoms with Crippen LogP contribution in [0, 0.1) is 5.41 Å². The van der Waals surface area contributed by atoms with Crippen LogP contribution in [-0.4, -0.2) is 27.1 Å². The minimum Gasteiger partial charge on any atom is -0.591 e. The first-order chi connectivity index (χ1) is 9.28. The van der Waals surface area contributed by atoms with Gasteiger partial charge in [-0.2, -0.15) is 0 Å². The summed E-state index contributed by atoms with van der Waals surface area (Å²) in [5, 5.41) is 0. The Morgan fingerprint density at radius 3 is 2.65 bits per heavy atom. The maximum absolute atomic E-state index is 11.8. The zero-order valence-corrected chi connectivity index (χ0v) is 13.4. The molecule has 0 N–H and O–H groups in total. The Labute approximate surface area is 124 Å². The van der Waals surface area contributed by atoms with E-state index in [2.05, 4.69) is 16.3 Å². The average Bonchev–Trinajstić information content (AvgIpc) is 3.12. The third-order valence-corrected chi connectivity index (χ3v) is 4.60. The summed E-state index contributed by atoms with van der Waals surface area (Å²) in [5.74, 6) is 0.771. The lowest BCUT2D eigenvalue weighted by atomic mass is 10.2. The number of pyridine rings is 1. The summed E-state index contributed by atoms with van der Waals surface area (Å²) in [4.78, 5) is 4.25. The van der Waals surface area contributed by atoms with Gasteiger partial charge in [-0.3, -0.25) is 4.98 Å².